The monoisotopic (exact) mass is 401 g/mol. The van der Waals surface area contributed by atoms with Gasteiger partial charge in [-0.05, 0) is 42.0 Å². The third kappa shape index (κ3) is 5.45. The Labute approximate surface area is 168 Å². The molecule has 1 unspecified atom stereocenters. The van der Waals surface area contributed by atoms with Crippen LogP contribution in [0.25, 0.3) is 0 Å². The summed E-state index contributed by atoms with van der Waals surface area (Å²) in [5, 5.41) is 11.1. The normalized spacial score (nSPS) is 11.2. The van der Waals surface area contributed by atoms with Crippen LogP contribution in [0.5, 0.6) is 11.5 Å². The summed E-state index contributed by atoms with van der Waals surface area (Å²) in [6.07, 6.45) is 0. The van der Waals surface area contributed by atoms with Crippen molar-refractivity contribution >= 4 is 17.7 Å². The van der Waals surface area contributed by atoms with Crippen molar-refractivity contribution in [3.8, 4) is 11.5 Å². The maximum atomic E-state index is 12.6. The van der Waals surface area contributed by atoms with Gasteiger partial charge in [-0.2, -0.15) is 0 Å². The van der Waals surface area contributed by atoms with Crippen LogP contribution in [0, 0.1) is 0 Å². The van der Waals surface area contributed by atoms with Crippen molar-refractivity contribution in [3.63, 3.8) is 0 Å². The second-order valence-corrected chi connectivity index (χ2v) is 6.07. The molecule has 3 amide bonds. The molecule has 1 atom stereocenters. The molecule has 0 bridgehead atoms. The second kappa shape index (κ2) is 10.1. The molecule has 0 fully saturated rings. The van der Waals surface area contributed by atoms with Gasteiger partial charge in [0.2, 0.25) is 0 Å². The van der Waals surface area contributed by atoms with Gasteiger partial charge in [-0.25, -0.2) is 5.48 Å². The van der Waals surface area contributed by atoms with E-state index >= 15 is 0 Å². The molecule has 0 radical (unpaired) electrons. The number of carbonyl (C=O) groups is 3. The largest absolute Gasteiger partial charge is 0.497 e. The second-order valence-electron chi connectivity index (χ2n) is 6.07. The SMILES string of the molecule is CNC(=O)C(C(=O)NO)N(C)C(=O)c1ccc(OCc2ccc(OC)cc2)cc1. The lowest BCUT2D eigenvalue weighted by molar-refractivity contribution is -0.140. The summed E-state index contributed by atoms with van der Waals surface area (Å²) < 4.78 is 10.8. The van der Waals surface area contributed by atoms with Crippen LogP contribution in [-0.4, -0.2) is 55.1 Å². The summed E-state index contributed by atoms with van der Waals surface area (Å²) in [7, 11) is 4.22. The molecule has 9 heteroatoms. The fourth-order valence-corrected chi connectivity index (χ4v) is 2.57. The Morgan fingerprint density at radius 1 is 1.00 bits per heavy atom. The summed E-state index contributed by atoms with van der Waals surface area (Å²) in [5.74, 6) is -1.00. The van der Waals surface area contributed by atoms with Gasteiger partial charge < -0.3 is 19.7 Å². The number of ether oxygens (including phenoxy) is 2. The minimum atomic E-state index is -1.51. The third-order valence-corrected chi connectivity index (χ3v) is 4.23. The summed E-state index contributed by atoms with van der Waals surface area (Å²) in [5.41, 5.74) is 2.60. The van der Waals surface area contributed by atoms with Gasteiger partial charge in [-0.1, -0.05) is 12.1 Å². The molecule has 0 heterocycles. The molecule has 0 saturated carbocycles. The van der Waals surface area contributed by atoms with Crippen LogP contribution < -0.4 is 20.3 Å². The van der Waals surface area contributed by atoms with Gasteiger partial charge in [-0.3, -0.25) is 19.6 Å². The molecule has 0 aromatic heterocycles. The number of hydroxylamine groups is 1. The number of likely N-dealkylation sites (N-methyl/N-ethyl adjacent to an activating group) is 2. The highest BCUT2D eigenvalue weighted by Gasteiger charge is 2.33. The van der Waals surface area contributed by atoms with Crippen LogP contribution in [0.1, 0.15) is 15.9 Å². The van der Waals surface area contributed by atoms with Gasteiger partial charge in [0.25, 0.3) is 17.7 Å². The van der Waals surface area contributed by atoms with E-state index in [0.717, 1.165) is 16.2 Å². The number of benzene rings is 2. The van der Waals surface area contributed by atoms with Gasteiger partial charge in [0.05, 0.1) is 7.11 Å². The van der Waals surface area contributed by atoms with Gasteiger partial charge in [0.1, 0.15) is 18.1 Å². The van der Waals surface area contributed by atoms with E-state index in [1.807, 2.05) is 24.3 Å². The van der Waals surface area contributed by atoms with Crippen LogP contribution in [-0.2, 0) is 16.2 Å². The van der Waals surface area contributed by atoms with E-state index in [1.165, 1.54) is 31.7 Å². The van der Waals surface area contributed by atoms with E-state index < -0.39 is 23.8 Å². The smallest absolute Gasteiger partial charge is 0.275 e. The zero-order chi connectivity index (χ0) is 21.4. The first-order valence-corrected chi connectivity index (χ1v) is 8.69. The molecular weight excluding hydrogens is 378 g/mol. The number of amides is 3. The molecule has 2 aromatic rings. The predicted molar refractivity (Wildman–Crippen MR) is 104 cm³/mol. The first-order valence-electron chi connectivity index (χ1n) is 8.69. The highest BCUT2D eigenvalue weighted by Crippen LogP contribution is 2.17. The minimum absolute atomic E-state index is 0.254. The van der Waals surface area contributed by atoms with Crippen LogP contribution in [0.2, 0.25) is 0 Å². The van der Waals surface area contributed by atoms with Crippen LogP contribution >= 0.6 is 0 Å². The molecule has 0 aliphatic rings. The molecule has 9 nitrogen and oxygen atoms in total. The van der Waals surface area contributed by atoms with Crippen molar-refractivity contribution in [2.75, 3.05) is 21.2 Å². The predicted octanol–water partition coefficient (Wildman–Crippen LogP) is 0.966. The lowest BCUT2D eigenvalue weighted by atomic mass is 10.1. The van der Waals surface area contributed by atoms with Gasteiger partial charge >= 0.3 is 0 Å². The zero-order valence-electron chi connectivity index (χ0n) is 16.3. The zero-order valence-corrected chi connectivity index (χ0v) is 16.3. The van der Waals surface area contributed by atoms with Gasteiger partial charge in [-0.15, -0.1) is 0 Å². The number of hydrogen-bond donors (Lipinski definition) is 3. The van der Waals surface area contributed by atoms with E-state index in [2.05, 4.69) is 5.32 Å². The molecule has 0 aliphatic carbocycles. The fourth-order valence-electron chi connectivity index (χ4n) is 2.57. The van der Waals surface area contributed by atoms with E-state index in [4.69, 9.17) is 14.7 Å². The van der Waals surface area contributed by atoms with E-state index in [9.17, 15) is 14.4 Å². The molecule has 0 saturated heterocycles. The summed E-state index contributed by atoms with van der Waals surface area (Å²) in [6, 6.07) is 12.2. The average molecular weight is 401 g/mol. The molecule has 29 heavy (non-hydrogen) atoms. The maximum absolute atomic E-state index is 12.6. The van der Waals surface area contributed by atoms with Crippen LogP contribution in [0.3, 0.4) is 0 Å². The fraction of sp³-hybridized carbons (Fsp3) is 0.250. The van der Waals surface area contributed by atoms with Gasteiger partial charge in [0.15, 0.2) is 6.04 Å². The molecular formula is C20H23N3O6. The standard InChI is InChI=1S/C20H23N3O6/c1-21-18(24)17(19(25)22-27)23(2)20(26)14-6-10-16(11-7-14)29-12-13-4-8-15(28-3)9-5-13/h4-11,17,27H,12H2,1-3H3,(H,21,24)(H,22,25). The minimum Gasteiger partial charge on any atom is -0.497 e. The van der Waals surface area contributed by atoms with E-state index in [1.54, 1.807) is 19.2 Å². The third-order valence-electron chi connectivity index (χ3n) is 4.23. The lowest BCUT2D eigenvalue weighted by Gasteiger charge is -2.25. The average Bonchev–Trinajstić information content (AvgIpc) is 2.77. The Balaban J connectivity index is 2.04. The number of nitrogens with zero attached hydrogens (tertiary/aromatic N) is 1. The van der Waals surface area contributed by atoms with Gasteiger partial charge in [0, 0.05) is 19.7 Å². The molecule has 2 rings (SSSR count). The summed E-state index contributed by atoms with van der Waals surface area (Å²) in [4.78, 5) is 37.2. The number of nitrogens with one attached hydrogen (secondary N) is 2. The van der Waals surface area contributed by atoms with Crippen molar-refractivity contribution in [2.45, 2.75) is 12.6 Å². The summed E-state index contributed by atoms with van der Waals surface area (Å²) >= 11 is 0. The van der Waals surface area contributed by atoms with Crippen molar-refractivity contribution in [1.82, 2.24) is 15.7 Å². The quantitative estimate of drug-likeness (QED) is 0.345. The molecule has 0 aliphatic heterocycles. The Bertz CT molecular complexity index is 836. The molecule has 2 aromatic carbocycles. The number of hydrogen-bond acceptors (Lipinski definition) is 6. The van der Waals surface area contributed by atoms with Crippen molar-refractivity contribution in [2.24, 2.45) is 0 Å². The first-order chi connectivity index (χ1) is 13.9. The van der Waals surface area contributed by atoms with Crippen molar-refractivity contribution < 1.29 is 29.1 Å². The molecule has 3 N–H and O–H groups in total. The number of carbonyl (C=O) groups excluding carboxylic acids is 3. The summed E-state index contributed by atoms with van der Waals surface area (Å²) in [6.45, 7) is 0.340. The Kier molecular flexibility index (Phi) is 7.55. The lowest BCUT2D eigenvalue weighted by Crippen LogP contribution is -2.54. The van der Waals surface area contributed by atoms with E-state index in [-0.39, 0.29) is 5.56 Å². The van der Waals surface area contributed by atoms with Crippen LogP contribution in [0.4, 0.5) is 0 Å². The van der Waals surface area contributed by atoms with E-state index in [0.29, 0.717) is 12.4 Å². The topological polar surface area (TPSA) is 117 Å². The highest BCUT2D eigenvalue weighted by atomic mass is 16.5. The van der Waals surface area contributed by atoms with Crippen molar-refractivity contribution in [3.05, 3.63) is 59.7 Å². The Morgan fingerprint density at radius 2 is 1.59 bits per heavy atom. The molecule has 154 valence electrons. The molecule has 0 spiro atoms. The Hall–Kier alpha value is -3.59. The number of rotatable bonds is 8. The van der Waals surface area contributed by atoms with Crippen molar-refractivity contribution in [1.29, 1.82) is 0 Å². The first kappa shape index (κ1) is 21.7. The van der Waals surface area contributed by atoms with Crippen LogP contribution in [0.15, 0.2) is 48.5 Å². The highest BCUT2D eigenvalue weighted by molar-refractivity contribution is 6.08. The maximum Gasteiger partial charge on any atom is 0.275 e. The Morgan fingerprint density at radius 3 is 2.10 bits per heavy atom. The number of methoxy groups -OCH3 is 1.